The Morgan fingerprint density at radius 3 is 2.54 bits per heavy atom. The van der Waals surface area contributed by atoms with Crippen molar-refractivity contribution in [2.75, 3.05) is 5.73 Å². The first kappa shape index (κ1) is 17.7. The summed E-state index contributed by atoms with van der Waals surface area (Å²) in [6.07, 6.45) is 0. The fourth-order valence-corrected chi connectivity index (χ4v) is 3.08. The summed E-state index contributed by atoms with van der Waals surface area (Å²) in [4.78, 5) is 8.50. The lowest BCUT2D eigenvalue weighted by molar-refractivity contribution is 0.299. The van der Waals surface area contributed by atoms with Gasteiger partial charge in [-0.05, 0) is 23.8 Å². The maximum atomic E-state index is 13.7. The van der Waals surface area contributed by atoms with Crippen molar-refractivity contribution in [1.29, 1.82) is 5.26 Å². The van der Waals surface area contributed by atoms with Gasteiger partial charge in [0.2, 0.25) is 0 Å². The van der Waals surface area contributed by atoms with Gasteiger partial charge >= 0.3 is 0 Å². The van der Waals surface area contributed by atoms with E-state index in [2.05, 4.69) is 9.97 Å². The molecule has 0 bridgehead atoms. The predicted octanol–water partition coefficient (Wildman–Crippen LogP) is 3.94. The van der Waals surface area contributed by atoms with Crippen molar-refractivity contribution in [2.24, 2.45) is 0 Å². The summed E-state index contributed by atoms with van der Waals surface area (Å²) in [5.41, 5.74) is 7.02. The summed E-state index contributed by atoms with van der Waals surface area (Å²) in [5, 5.41) is 9.68. The van der Waals surface area contributed by atoms with Gasteiger partial charge in [0.05, 0.1) is 0 Å². The Morgan fingerprint density at radius 1 is 1.08 bits per heavy atom. The highest BCUT2D eigenvalue weighted by atomic mass is 32.2. The van der Waals surface area contributed by atoms with Gasteiger partial charge < -0.3 is 10.5 Å². The van der Waals surface area contributed by atoms with Crippen LogP contribution in [0.1, 0.15) is 16.8 Å². The first-order chi connectivity index (χ1) is 12.7. The smallest absolute Gasteiger partial charge is 0.190 e. The molecule has 0 saturated heterocycles. The zero-order chi connectivity index (χ0) is 18.4. The lowest BCUT2D eigenvalue weighted by atomic mass is 10.2. The number of halogens is 1. The molecule has 2 N–H and O–H groups in total. The van der Waals surface area contributed by atoms with Crippen molar-refractivity contribution < 1.29 is 9.13 Å². The number of thioether (sulfide) groups is 1. The Kier molecular flexibility index (Phi) is 5.66. The molecule has 0 aliphatic carbocycles. The number of benzene rings is 2. The molecule has 0 saturated carbocycles. The van der Waals surface area contributed by atoms with Gasteiger partial charge in [0, 0.05) is 5.75 Å². The number of hydrogen-bond acceptors (Lipinski definition) is 6. The molecule has 1 aromatic heterocycles. The number of nitrogens with zero attached hydrogens (tertiary/aromatic N) is 3. The zero-order valence-electron chi connectivity index (χ0n) is 13.7. The Morgan fingerprint density at radius 2 is 1.81 bits per heavy atom. The van der Waals surface area contributed by atoms with Crippen LogP contribution in [0.15, 0.2) is 59.8 Å². The Balaban J connectivity index is 1.78. The van der Waals surface area contributed by atoms with Gasteiger partial charge in [-0.2, -0.15) is 5.26 Å². The molecule has 0 spiro atoms. The Bertz CT molecular complexity index is 944. The number of ether oxygens (including phenoxy) is 1. The molecule has 0 unspecified atom stereocenters. The average Bonchev–Trinajstić information content (AvgIpc) is 2.66. The zero-order valence-corrected chi connectivity index (χ0v) is 14.5. The minimum absolute atomic E-state index is 0.0881. The maximum Gasteiger partial charge on any atom is 0.190 e. The van der Waals surface area contributed by atoms with Crippen LogP contribution in [0.3, 0.4) is 0 Å². The second-order valence-corrected chi connectivity index (χ2v) is 6.25. The maximum absolute atomic E-state index is 13.7. The lowest BCUT2D eigenvalue weighted by Gasteiger charge is -2.10. The molecule has 0 fully saturated rings. The van der Waals surface area contributed by atoms with E-state index >= 15 is 0 Å². The molecule has 3 aromatic rings. The van der Waals surface area contributed by atoms with Gasteiger partial charge in [0.25, 0.3) is 0 Å². The van der Waals surface area contributed by atoms with Crippen molar-refractivity contribution in [1.82, 2.24) is 9.97 Å². The summed E-state index contributed by atoms with van der Waals surface area (Å²) in [7, 11) is 0. The molecule has 26 heavy (non-hydrogen) atoms. The van der Waals surface area contributed by atoms with E-state index < -0.39 is 0 Å². The standard InChI is InChI=1S/C19H15FN4OS/c20-16-9-5-4-6-13(16)12-26-19-23-17(15(10-21)18(22)24-19)11-25-14-7-2-1-3-8-14/h1-9H,11-12H2,(H2,22,23,24). The normalized spacial score (nSPS) is 10.3. The number of aromatic nitrogens is 2. The van der Waals surface area contributed by atoms with E-state index in [4.69, 9.17) is 10.5 Å². The molecule has 0 atom stereocenters. The Labute approximate surface area is 154 Å². The van der Waals surface area contributed by atoms with Gasteiger partial charge in [-0.15, -0.1) is 0 Å². The van der Waals surface area contributed by atoms with Crippen LogP contribution < -0.4 is 10.5 Å². The predicted molar refractivity (Wildman–Crippen MR) is 97.9 cm³/mol. The quantitative estimate of drug-likeness (QED) is 0.525. The summed E-state index contributed by atoms with van der Waals surface area (Å²) in [6, 6.07) is 17.7. The summed E-state index contributed by atoms with van der Waals surface area (Å²) in [5.74, 6) is 0.824. The third-order valence-corrected chi connectivity index (χ3v) is 4.43. The van der Waals surface area contributed by atoms with Crippen LogP contribution in [0.5, 0.6) is 5.75 Å². The van der Waals surface area contributed by atoms with E-state index in [-0.39, 0.29) is 23.8 Å². The summed E-state index contributed by atoms with van der Waals surface area (Å²) >= 11 is 1.25. The van der Waals surface area contributed by atoms with Gasteiger partial charge in [0.1, 0.15) is 41.3 Å². The van der Waals surface area contributed by atoms with Gasteiger partial charge in [-0.1, -0.05) is 48.2 Å². The highest BCUT2D eigenvalue weighted by Crippen LogP contribution is 2.24. The minimum atomic E-state index is -0.283. The molecular weight excluding hydrogens is 351 g/mol. The molecule has 0 aliphatic heterocycles. The topological polar surface area (TPSA) is 84.8 Å². The molecular formula is C19H15FN4OS. The second-order valence-electron chi connectivity index (χ2n) is 5.31. The van der Waals surface area contributed by atoms with Crippen LogP contribution in [0.25, 0.3) is 0 Å². The Hall–Kier alpha value is -3.11. The third kappa shape index (κ3) is 4.29. The fourth-order valence-electron chi connectivity index (χ4n) is 2.22. The highest BCUT2D eigenvalue weighted by Gasteiger charge is 2.14. The molecule has 2 aromatic carbocycles. The highest BCUT2D eigenvalue weighted by molar-refractivity contribution is 7.98. The molecule has 7 heteroatoms. The first-order valence-corrected chi connectivity index (χ1v) is 8.76. The van der Waals surface area contributed by atoms with Crippen molar-refractivity contribution >= 4 is 17.6 Å². The second kappa shape index (κ2) is 8.32. The monoisotopic (exact) mass is 366 g/mol. The van der Waals surface area contributed by atoms with E-state index in [1.807, 2.05) is 36.4 Å². The number of nitriles is 1. The van der Waals surface area contributed by atoms with Crippen LogP contribution in [0.4, 0.5) is 10.2 Å². The molecule has 130 valence electrons. The van der Waals surface area contributed by atoms with Crippen molar-refractivity contribution in [3.05, 3.63) is 77.2 Å². The van der Waals surface area contributed by atoms with Crippen molar-refractivity contribution in [3.8, 4) is 11.8 Å². The number of nitrogens with two attached hydrogens (primary N) is 1. The number of nitrogen functional groups attached to an aromatic ring is 1. The van der Waals surface area contributed by atoms with E-state index in [1.165, 1.54) is 17.8 Å². The van der Waals surface area contributed by atoms with Gasteiger partial charge in [-0.3, -0.25) is 0 Å². The number of rotatable bonds is 6. The van der Waals surface area contributed by atoms with Crippen LogP contribution in [0.2, 0.25) is 0 Å². The van der Waals surface area contributed by atoms with Crippen LogP contribution in [-0.4, -0.2) is 9.97 Å². The molecule has 3 rings (SSSR count). The molecule has 1 heterocycles. The molecule has 0 amide bonds. The number of hydrogen-bond donors (Lipinski definition) is 1. The third-order valence-electron chi connectivity index (χ3n) is 3.54. The minimum Gasteiger partial charge on any atom is -0.487 e. The molecule has 0 radical (unpaired) electrons. The van der Waals surface area contributed by atoms with E-state index in [0.29, 0.717) is 27.9 Å². The van der Waals surface area contributed by atoms with E-state index in [9.17, 15) is 9.65 Å². The number of anilines is 1. The van der Waals surface area contributed by atoms with Crippen LogP contribution in [0, 0.1) is 17.1 Å². The first-order valence-electron chi connectivity index (χ1n) is 7.78. The van der Waals surface area contributed by atoms with Crippen molar-refractivity contribution in [3.63, 3.8) is 0 Å². The van der Waals surface area contributed by atoms with Crippen LogP contribution >= 0.6 is 11.8 Å². The van der Waals surface area contributed by atoms with Crippen molar-refractivity contribution in [2.45, 2.75) is 17.5 Å². The van der Waals surface area contributed by atoms with E-state index in [0.717, 1.165) is 0 Å². The average molecular weight is 366 g/mol. The summed E-state index contributed by atoms with van der Waals surface area (Å²) in [6.45, 7) is 0.0902. The number of para-hydroxylation sites is 1. The van der Waals surface area contributed by atoms with Gasteiger partial charge in [-0.25, -0.2) is 14.4 Å². The largest absolute Gasteiger partial charge is 0.487 e. The van der Waals surface area contributed by atoms with Crippen LogP contribution in [-0.2, 0) is 12.4 Å². The SMILES string of the molecule is N#Cc1c(N)nc(SCc2ccccc2F)nc1COc1ccccc1. The molecule has 5 nitrogen and oxygen atoms in total. The summed E-state index contributed by atoms with van der Waals surface area (Å²) < 4.78 is 19.4. The lowest BCUT2D eigenvalue weighted by Crippen LogP contribution is -2.08. The van der Waals surface area contributed by atoms with Gasteiger partial charge in [0.15, 0.2) is 5.16 Å². The van der Waals surface area contributed by atoms with E-state index in [1.54, 1.807) is 18.2 Å². The fraction of sp³-hybridized carbons (Fsp3) is 0.105. The molecule has 0 aliphatic rings.